The largest absolute Gasteiger partial charge is 0.506 e. The predicted molar refractivity (Wildman–Crippen MR) is 90.0 cm³/mol. The van der Waals surface area contributed by atoms with Gasteiger partial charge in [-0.3, -0.25) is 4.79 Å². The summed E-state index contributed by atoms with van der Waals surface area (Å²) in [7, 11) is 0. The van der Waals surface area contributed by atoms with E-state index in [1.807, 2.05) is 0 Å². The summed E-state index contributed by atoms with van der Waals surface area (Å²) in [6, 6.07) is 9.93. The van der Waals surface area contributed by atoms with Gasteiger partial charge in [0, 0.05) is 10.6 Å². The van der Waals surface area contributed by atoms with Crippen molar-refractivity contribution in [2.75, 3.05) is 0 Å². The van der Waals surface area contributed by atoms with Gasteiger partial charge in [-0.1, -0.05) is 17.7 Å². The van der Waals surface area contributed by atoms with Crippen LogP contribution in [0.25, 0.3) is 0 Å². The van der Waals surface area contributed by atoms with Crippen molar-refractivity contribution in [3.05, 3.63) is 61.5 Å². The Morgan fingerprint density at radius 1 is 1.24 bits per heavy atom. The lowest BCUT2D eigenvalue weighted by molar-refractivity contribution is 0.0955. The number of hydrogen-bond acceptors (Lipinski definition) is 3. The van der Waals surface area contributed by atoms with Crippen LogP contribution in [0.5, 0.6) is 5.75 Å². The quantitative estimate of drug-likeness (QED) is 0.560. The molecule has 0 bridgehead atoms. The highest BCUT2D eigenvalue weighted by molar-refractivity contribution is 9.11. The Labute approximate surface area is 143 Å². The van der Waals surface area contributed by atoms with Crippen LogP contribution in [0.1, 0.15) is 15.9 Å². The Hall–Kier alpha value is -1.37. The maximum absolute atomic E-state index is 11.8. The molecule has 0 aliphatic carbocycles. The Bertz CT molecular complexity index is 697. The van der Waals surface area contributed by atoms with Gasteiger partial charge >= 0.3 is 0 Å². The lowest BCUT2D eigenvalue weighted by atomic mass is 10.2. The summed E-state index contributed by atoms with van der Waals surface area (Å²) in [5.74, 6) is -0.249. The molecule has 108 valence electrons. The number of aromatic hydroxyl groups is 1. The molecule has 0 radical (unpaired) electrons. The number of rotatable bonds is 3. The predicted octanol–water partition coefficient (Wildman–Crippen LogP) is 4.33. The molecular formula is C14H9Br2ClN2O2. The van der Waals surface area contributed by atoms with E-state index in [1.54, 1.807) is 36.4 Å². The number of nitrogens with one attached hydrogen (secondary N) is 1. The Morgan fingerprint density at radius 2 is 1.90 bits per heavy atom. The molecule has 0 saturated heterocycles. The fraction of sp³-hybridized carbons (Fsp3) is 0. The first-order valence-corrected chi connectivity index (χ1v) is 7.71. The molecule has 0 spiro atoms. The van der Waals surface area contributed by atoms with Crippen molar-refractivity contribution in [1.29, 1.82) is 0 Å². The second-order valence-corrected chi connectivity index (χ2v) is 6.19. The molecular weight excluding hydrogens is 423 g/mol. The molecule has 0 saturated carbocycles. The molecule has 4 nitrogen and oxygen atoms in total. The molecule has 0 aliphatic rings. The minimum Gasteiger partial charge on any atom is -0.506 e. The van der Waals surface area contributed by atoms with Crippen molar-refractivity contribution in [2.45, 2.75) is 0 Å². The van der Waals surface area contributed by atoms with Gasteiger partial charge in [0.15, 0.2) is 0 Å². The zero-order valence-corrected chi connectivity index (χ0v) is 14.4. The first-order valence-electron chi connectivity index (χ1n) is 5.74. The number of carbonyl (C=O) groups is 1. The van der Waals surface area contributed by atoms with Crippen LogP contribution >= 0.6 is 43.5 Å². The molecule has 2 rings (SSSR count). The zero-order chi connectivity index (χ0) is 15.4. The third-order valence-corrected chi connectivity index (χ3v) is 3.95. The molecule has 0 atom stereocenters. The van der Waals surface area contributed by atoms with E-state index in [2.05, 4.69) is 42.4 Å². The van der Waals surface area contributed by atoms with E-state index in [9.17, 15) is 9.90 Å². The third kappa shape index (κ3) is 4.30. The highest BCUT2D eigenvalue weighted by Crippen LogP contribution is 2.32. The van der Waals surface area contributed by atoms with Crippen LogP contribution in [-0.4, -0.2) is 17.2 Å². The van der Waals surface area contributed by atoms with E-state index in [0.29, 0.717) is 25.1 Å². The topological polar surface area (TPSA) is 61.7 Å². The fourth-order valence-corrected chi connectivity index (χ4v) is 2.93. The SMILES string of the molecule is O=C(N/N=C/c1cc(Br)c(O)c(Br)c1)c1cccc(Cl)c1. The molecule has 2 aromatic carbocycles. The normalized spacial score (nSPS) is 10.8. The van der Waals surface area contributed by atoms with Crippen LogP contribution in [0.3, 0.4) is 0 Å². The molecule has 21 heavy (non-hydrogen) atoms. The van der Waals surface area contributed by atoms with Gasteiger partial charge < -0.3 is 5.11 Å². The van der Waals surface area contributed by atoms with Crippen LogP contribution in [-0.2, 0) is 0 Å². The number of phenols is 1. The highest BCUT2D eigenvalue weighted by Gasteiger charge is 2.06. The second kappa shape index (κ2) is 7.06. The first kappa shape index (κ1) is 16.0. The van der Waals surface area contributed by atoms with Crippen molar-refractivity contribution >= 4 is 55.6 Å². The van der Waals surface area contributed by atoms with Gasteiger partial charge in [0.2, 0.25) is 0 Å². The number of hydrazone groups is 1. The summed E-state index contributed by atoms with van der Waals surface area (Å²) in [5.41, 5.74) is 3.54. The Morgan fingerprint density at radius 3 is 2.52 bits per heavy atom. The number of phenolic OH excluding ortho intramolecular Hbond substituents is 1. The fourth-order valence-electron chi connectivity index (χ4n) is 1.52. The first-order chi connectivity index (χ1) is 9.97. The van der Waals surface area contributed by atoms with Crippen molar-refractivity contribution in [2.24, 2.45) is 5.10 Å². The van der Waals surface area contributed by atoms with Crippen molar-refractivity contribution in [3.63, 3.8) is 0 Å². The van der Waals surface area contributed by atoms with Crippen molar-refractivity contribution in [1.82, 2.24) is 5.43 Å². The number of nitrogens with zero attached hydrogens (tertiary/aromatic N) is 1. The van der Waals surface area contributed by atoms with E-state index in [-0.39, 0.29) is 11.7 Å². The average molecular weight is 432 g/mol. The van der Waals surface area contributed by atoms with Crippen LogP contribution in [0.4, 0.5) is 0 Å². The molecule has 2 aromatic rings. The van der Waals surface area contributed by atoms with Crippen LogP contribution in [0.15, 0.2) is 50.4 Å². The lowest BCUT2D eigenvalue weighted by Crippen LogP contribution is -2.17. The van der Waals surface area contributed by atoms with Crippen LogP contribution < -0.4 is 5.43 Å². The summed E-state index contributed by atoms with van der Waals surface area (Å²) in [4.78, 5) is 11.8. The summed E-state index contributed by atoms with van der Waals surface area (Å²) in [6.45, 7) is 0. The van der Waals surface area contributed by atoms with Gasteiger partial charge in [-0.2, -0.15) is 5.10 Å². The summed E-state index contributed by atoms with van der Waals surface area (Å²) >= 11 is 12.3. The number of amides is 1. The van der Waals surface area contributed by atoms with E-state index >= 15 is 0 Å². The van der Waals surface area contributed by atoms with Gasteiger partial charge in [-0.15, -0.1) is 0 Å². The van der Waals surface area contributed by atoms with Gasteiger partial charge in [0.1, 0.15) is 5.75 Å². The van der Waals surface area contributed by atoms with E-state index < -0.39 is 0 Å². The zero-order valence-electron chi connectivity index (χ0n) is 10.5. The van der Waals surface area contributed by atoms with Gasteiger partial charge in [0.25, 0.3) is 5.91 Å². The number of benzene rings is 2. The van der Waals surface area contributed by atoms with Gasteiger partial charge in [-0.05, 0) is 67.8 Å². The minimum atomic E-state index is -0.356. The Balaban J connectivity index is 2.07. The summed E-state index contributed by atoms with van der Waals surface area (Å²) in [6.07, 6.45) is 1.47. The Kier molecular flexibility index (Phi) is 5.39. The minimum absolute atomic E-state index is 0.107. The number of carbonyl (C=O) groups excluding carboxylic acids is 1. The van der Waals surface area contributed by atoms with E-state index in [1.165, 1.54) is 6.21 Å². The maximum atomic E-state index is 11.8. The number of hydrogen-bond donors (Lipinski definition) is 2. The van der Waals surface area contributed by atoms with Crippen LogP contribution in [0, 0.1) is 0 Å². The monoisotopic (exact) mass is 430 g/mol. The number of halogens is 3. The van der Waals surface area contributed by atoms with Crippen LogP contribution in [0.2, 0.25) is 5.02 Å². The highest BCUT2D eigenvalue weighted by atomic mass is 79.9. The molecule has 7 heteroatoms. The average Bonchev–Trinajstić information content (AvgIpc) is 2.44. The molecule has 0 aromatic heterocycles. The molecule has 0 aliphatic heterocycles. The van der Waals surface area contributed by atoms with Gasteiger partial charge in [-0.25, -0.2) is 5.43 Å². The maximum Gasteiger partial charge on any atom is 0.271 e. The lowest BCUT2D eigenvalue weighted by Gasteiger charge is -2.02. The molecule has 0 heterocycles. The van der Waals surface area contributed by atoms with E-state index in [4.69, 9.17) is 11.6 Å². The van der Waals surface area contributed by atoms with Crippen molar-refractivity contribution in [3.8, 4) is 5.75 Å². The summed E-state index contributed by atoms with van der Waals surface area (Å²) < 4.78 is 1.05. The molecule has 1 amide bonds. The van der Waals surface area contributed by atoms with E-state index in [0.717, 1.165) is 0 Å². The summed E-state index contributed by atoms with van der Waals surface area (Å²) in [5, 5.41) is 14.0. The second-order valence-electron chi connectivity index (χ2n) is 4.04. The van der Waals surface area contributed by atoms with Crippen molar-refractivity contribution < 1.29 is 9.90 Å². The molecule has 0 fully saturated rings. The molecule has 2 N–H and O–H groups in total. The molecule has 0 unspecified atom stereocenters. The smallest absolute Gasteiger partial charge is 0.271 e. The standard InChI is InChI=1S/C14H9Br2ClN2O2/c15-11-4-8(5-12(16)13(11)20)7-18-19-14(21)9-2-1-3-10(17)6-9/h1-7,20H,(H,19,21)/b18-7+. The van der Waals surface area contributed by atoms with Gasteiger partial charge in [0.05, 0.1) is 15.2 Å². The third-order valence-electron chi connectivity index (χ3n) is 2.51.